The van der Waals surface area contributed by atoms with Crippen LogP contribution in [0.5, 0.6) is 0 Å². The van der Waals surface area contributed by atoms with Gasteiger partial charge < -0.3 is 9.73 Å². The maximum absolute atomic E-state index is 13.9. The van der Waals surface area contributed by atoms with E-state index in [1.807, 2.05) is 0 Å². The van der Waals surface area contributed by atoms with E-state index in [1.54, 1.807) is 0 Å². The van der Waals surface area contributed by atoms with Gasteiger partial charge in [0.25, 0.3) is 0 Å². The lowest BCUT2D eigenvalue weighted by Crippen LogP contribution is -2.25. The molecule has 0 saturated heterocycles. The van der Waals surface area contributed by atoms with E-state index in [9.17, 15) is 18.0 Å². The van der Waals surface area contributed by atoms with Crippen molar-refractivity contribution < 1.29 is 22.4 Å². The molecule has 1 aliphatic carbocycles. The molecule has 0 radical (unpaired) electrons. The highest BCUT2D eigenvalue weighted by Gasteiger charge is 2.35. The fourth-order valence-electron chi connectivity index (χ4n) is 2.91. The molecule has 3 rings (SSSR count). The number of oxazole rings is 1. The topological polar surface area (TPSA) is 55.1 Å². The molecule has 0 bridgehead atoms. The molecule has 1 aromatic carbocycles. The van der Waals surface area contributed by atoms with Gasteiger partial charge >= 0.3 is 0 Å². The highest BCUT2D eigenvalue weighted by molar-refractivity contribution is 6.00. The van der Waals surface area contributed by atoms with Crippen LogP contribution in [0.3, 0.4) is 0 Å². The van der Waals surface area contributed by atoms with Gasteiger partial charge in [0.15, 0.2) is 17.3 Å². The zero-order valence-electron chi connectivity index (χ0n) is 12.9. The number of carbonyl (C=O) groups excluding carboxylic acids is 1. The van der Waals surface area contributed by atoms with Crippen molar-refractivity contribution in [3.05, 3.63) is 36.5 Å². The first-order valence-electron chi connectivity index (χ1n) is 7.76. The largest absolute Gasteiger partial charge is 0.441 e. The van der Waals surface area contributed by atoms with Gasteiger partial charge in [-0.3, -0.25) is 4.79 Å². The summed E-state index contributed by atoms with van der Waals surface area (Å²) in [6, 6.07) is 2.54. The Bertz CT molecular complexity index is 775. The summed E-state index contributed by atoms with van der Waals surface area (Å²) in [7, 11) is 0. The number of amides is 1. The van der Waals surface area contributed by atoms with E-state index in [0.29, 0.717) is 30.7 Å². The Morgan fingerprint density at radius 2 is 2.12 bits per heavy atom. The Morgan fingerprint density at radius 3 is 2.79 bits per heavy atom. The molecule has 1 N–H and O–H groups in total. The fraction of sp³-hybridized carbons (Fsp3) is 0.412. The third kappa shape index (κ3) is 3.60. The lowest BCUT2D eigenvalue weighted by atomic mass is 9.85. The van der Waals surface area contributed by atoms with Crippen LogP contribution in [0.2, 0.25) is 0 Å². The van der Waals surface area contributed by atoms with Gasteiger partial charge in [-0.2, -0.15) is 0 Å². The van der Waals surface area contributed by atoms with Crippen molar-refractivity contribution >= 4 is 22.7 Å². The van der Waals surface area contributed by atoms with E-state index in [-0.39, 0.29) is 30.0 Å². The highest BCUT2D eigenvalue weighted by atomic mass is 19.3. The van der Waals surface area contributed by atoms with Gasteiger partial charge in [0.2, 0.25) is 11.8 Å². The second kappa shape index (κ2) is 6.30. The smallest absolute Gasteiger partial charge is 0.248 e. The summed E-state index contributed by atoms with van der Waals surface area (Å²) >= 11 is 0. The first kappa shape index (κ1) is 16.5. The number of fused-ring (bicyclic) bond motifs is 1. The van der Waals surface area contributed by atoms with E-state index in [1.165, 1.54) is 6.07 Å². The third-order valence-corrected chi connectivity index (χ3v) is 4.26. The summed E-state index contributed by atoms with van der Waals surface area (Å²) in [5.74, 6) is -3.26. The Balaban J connectivity index is 1.76. The number of nitrogens with one attached hydrogen (secondary N) is 1. The molecule has 128 valence electrons. The average molecular weight is 338 g/mol. The molecule has 1 fully saturated rings. The second-order valence-corrected chi connectivity index (χ2v) is 6.10. The molecule has 1 aromatic heterocycles. The standard InChI is InChI=1S/C17H17F3N2O2/c1-2-15(23)21-12-9-13-14(8-11(12)18)24-16(22-13)7-10-3-5-17(19,20)6-4-10/h2,8-10H,1,3-7H2,(H,21,23). The Hall–Kier alpha value is -2.31. The Kier molecular flexibility index (Phi) is 4.34. The van der Waals surface area contributed by atoms with Crippen molar-refractivity contribution in [2.24, 2.45) is 5.92 Å². The number of hydrogen-bond acceptors (Lipinski definition) is 3. The number of anilines is 1. The molecule has 1 saturated carbocycles. The molecular weight excluding hydrogens is 321 g/mol. The summed E-state index contributed by atoms with van der Waals surface area (Å²) in [6.07, 6.45) is 2.08. The predicted octanol–water partition coefficient (Wildman–Crippen LogP) is 4.46. The molecular formula is C17H17F3N2O2. The average Bonchev–Trinajstić information content (AvgIpc) is 2.90. The van der Waals surface area contributed by atoms with Gasteiger partial charge in [0, 0.05) is 25.3 Å². The van der Waals surface area contributed by atoms with Crippen LogP contribution in [-0.4, -0.2) is 16.8 Å². The van der Waals surface area contributed by atoms with Crippen LogP contribution in [0.1, 0.15) is 31.6 Å². The summed E-state index contributed by atoms with van der Waals surface area (Å²) in [6.45, 7) is 3.31. The molecule has 1 heterocycles. The van der Waals surface area contributed by atoms with E-state index in [0.717, 1.165) is 12.1 Å². The molecule has 2 aromatic rings. The number of nitrogens with zero attached hydrogens (tertiary/aromatic N) is 1. The van der Waals surface area contributed by atoms with Crippen LogP contribution in [0.15, 0.2) is 29.2 Å². The van der Waals surface area contributed by atoms with E-state index < -0.39 is 17.6 Å². The number of benzene rings is 1. The highest BCUT2D eigenvalue weighted by Crippen LogP contribution is 2.37. The van der Waals surface area contributed by atoms with Crippen molar-refractivity contribution in [2.45, 2.75) is 38.0 Å². The Morgan fingerprint density at radius 1 is 1.42 bits per heavy atom. The van der Waals surface area contributed by atoms with E-state index >= 15 is 0 Å². The Labute approximate surface area is 136 Å². The fourth-order valence-corrected chi connectivity index (χ4v) is 2.91. The first-order chi connectivity index (χ1) is 11.4. The van der Waals surface area contributed by atoms with Crippen LogP contribution in [0.25, 0.3) is 11.1 Å². The quantitative estimate of drug-likeness (QED) is 0.838. The monoisotopic (exact) mass is 338 g/mol. The number of carbonyl (C=O) groups is 1. The number of halogens is 3. The molecule has 1 aliphatic rings. The number of aromatic nitrogens is 1. The van der Waals surface area contributed by atoms with Gasteiger partial charge in [0.05, 0.1) is 5.69 Å². The minimum atomic E-state index is -2.57. The zero-order chi connectivity index (χ0) is 17.3. The van der Waals surface area contributed by atoms with Crippen LogP contribution >= 0.6 is 0 Å². The molecule has 4 nitrogen and oxygen atoms in total. The minimum Gasteiger partial charge on any atom is -0.441 e. The SMILES string of the molecule is C=CC(=O)Nc1cc2nc(CC3CCC(F)(F)CC3)oc2cc1F. The van der Waals surface area contributed by atoms with E-state index in [2.05, 4.69) is 16.9 Å². The summed E-state index contributed by atoms with van der Waals surface area (Å²) in [5, 5.41) is 2.35. The molecule has 24 heavy (non-hydrogen) atoms. The van der Waals surface area contributed by atoms with Crippen molar-refractivity contribution in [3.63, 3.8) is 0 Å². The van der Waals surface area contributed by atoms with Crippen LogP contribution in [0.4, 0.5) is 18.9 Å². The summed E-state index contributed by atoms with van der Waals surface area (Å²) in [4.78, 5) is 15.6. The molecule has 0 spiro atoms. The van der Waals surface area contributed by atoms with Crippen molar-refractivity contribution in [1.29, 1.82) is 0 Å². The van der Waals surface area contributed by atoms with Crippen molar-refractivity contribution in [3.8, 4) is 0 Å². The predicted molar refractivity (Wildman–Crippen MR) is 83.4 cm³/mol. The number of hydrogen-bond donors (Lipinski definition) is 1. The molecule has 0 unspecified atom stereocenters. The third-order valence-electron chi connectivity index (χ3n) is 4.26. The lowest BCUT2D eigenvalue weighted by molar-refractivity contribution is -0.111. The molecule has 0 aliphatic heterocycles. The van der Waals surface area contributed by atoms with Gasteiger partial charge in [-0.1, -0.05) is 6.58 Å². The van der Waals surface area contributed by atoms with Crippen LogP contribution < -0.4 is 5.32 Å². The van der Waals surface area contributed by atoms with Gasteiger partial charge in [0.1, 0.15) is 5.52 Å². The second-order valence-electron chi connectivity index (χ2n) is 6.10. The maximum Gasteiger partial charge on any atom is 0.248 e. The van der Waals surface area contributed by atoms with Gasteiger partial charge in [-0.25, -0.2) is 18.2 Å². The lowest BCUT2D eigenvalue weighted by Gasteiger charge is -2.27. The summed E-state index contributed by atoms with van der Waals surface area (Å²) in [5.41, 5.74) is 0.664. The maximum atomic E-state index is 13.9. The van der Waals surface area contributed by atoms with Crippen LogP contribution in [-0.2, 0) is 11.2 Å². The zero-order valence-corrected chi connectivity index (χ0v) is 12.9. The first-order valence-corrected chi connectivity index (χ1v) is 7.76. The van der Waals surface area contributed by atoms with E-state index in [4.69, 9.17) is 4.42 Å². The van der Waals surface area contributed by atoms with Crippen molar-refractivity contribution in [2.75, 3.05) is 5.32 Å². The molecule has 1 amide bonds. The van der Waals surface area contributed by atoms with Gasteiger partial charge in [-0.15, -0.1) is 0 Å². The van der Waals surface area contributed by atoms with Gasteiger partial charge in [-0.05, 0) is 30.9 Å². The number of rotatable bonds is 4. The minimum absolute atomic E-state index is 0.00967. The normalized spacial score (nSPS) is 17.8. The van der Waals surface area contributed by atoms with Crippen molar-refractivity contribution in [1.82, 2.24) is 4.98 Å². The molecule has 7 heteroatoms. The molecule has 0 atom stereocenters. The number of alkyl halides is 2. The summed E-state index contributed by atoms with van der Waals surface area (Å²) < 4.78 is 45.8. The van der Waals surface area contributed by atoms with Crippen LogP contribution in [0, 0.1) is 11.7 Å².